The van der Waals surface area contributed by atoms with E-state index >= 15 is 0 Å². The minimum Gasteiger partial charge on any atom is -0.330 e. The van der Waals surface area contributed by atoms with Gasteiger partial charge < -0.3 is 10.6 Å². The van der Waals surface area contributed by atoms with Crippen molar-refractivity contribution in [2.45, 2.75) is 33.9 Å². The molecular formula is C18H22N6S. The summed E-state index contributed by atoms with van der Waals surface area (Å²) >= 11 is 5.39. The number of rotatable bonds is 5. The average molecular weight is 354 g/mol. The molecule has 0 amide bonds. The zero-order valence-electron chi connectivity index (χ0n) is 14.7. The van der Waals surface area contributed by atoms with Gasteiger partial charge in [0.1, 0.15) is 0 Å². The zero-order chi connectivity index (χ0) is 17.8. The van der Waals surface area contributed by atoms with E-state index in [9.17, 15) is 0 Å². The Labute approximate surface area is 152 Å². The summed E-state index contributed by atoms with van der Waals surface area (Å²) in [5, 5.41) is 15.6. The van der Waals surface area contributed by atoms with Crippen molar-refractivity contribution in [3.05, 3.63) is 59.7 Å². The van der Waals surface area contributed by atoms with Gasteiger partial charge in [-0.05, 0) is 44.1 Å². The van der Waals surface area contributed by atoms with Crippen molar-refractivity contribution in [2.24, 2.45) is 0 Å². The van der Waals surface area contributed by atoms with E-state index in [0.29, 0.717) is 5.11 Å². The highest BCUT2D eigenvalue weighted by Gasteiger charge is 2.08. The van der Waals surface area contributed by atoms with Crippen LogP contribution in [0.2, 0.25) is 0 Å². The van der Waals surface area contributed by atoms with Crippen LogP contribution in [0.5, 0.6) is 0 Å². The van der Waals surface area contributed by atoms with Crippen molar-refractivity contribution in [1.82, 2.24) is 19.6 Å². The van der Waals surface area contributed by atoms with Crippen LogP contribution in [-0.4, -0.2) is 24.7 Å². The molecule has 0 radical (unpaired) electrons. The molecule has 0 fully saturated rings. The van der Waals surface area contributed by atoms with Crippen molar-refractivity contribution in [2.75, 3.05) is 10.6 Å². The molecule has 0 unspecified atom stereocenters. The highest BCUT2D eigenvalue weighted by Crippen LogP contribution is 2.15. The molecule has 0 saturated heterocycles. The second-order valence-electron chi connectivity index (χ2n) is 5.89. The van der Waals surface area contributed by atoms with E-state index < -0.39 is 0 Å². The lowest BCUT2D eigenvalue weighted by Crippen LogP contribution is -2.19. The first-order valence-corrected chi connectivity index (χ1v) is 8.65. The summed E-state index contributed by atoms with van der Waals surface area (Å²) < 4.78 is 3.82. The Balaban J connectivity index is 1.62. The van der Waals surface area contributed by atoms with E-state index in [1.807, 2.05) is 34.6 Å². The lowest BCUT2D eigenvalue weighted by molar-refractivity contribution is 0.640. The molecule has 6 nitrogen and oxygen atoms in total. The molecule has 0 saturated carbocycles. The second-order valence-corrected chi connectivity index (χ2v) is 6.30. The number of benzene rings is 1. The SMILES string of the molecule is CCn1ncc(NC(=S)Nc2cnn(Cc3ccccc3C)c2)c1C. The highest BCUT2D eigenvalue weighted by molar-refractivity contribution is 7.80. The zero-order valence-corrected chi connectivity index (χ0v) is 15.5. The molecule has 0 spiro atoms. The number of anilines is 2. The molecule has 0 aliphatic heterocycles. The minimum absolute atomic E-state index is 0.522. The van der Waals surface area contributed by atoms with Crippen molar-refractivity contribution < 1.29 is 0 Å². The van der Waals surface area contributed by atoms with Crippen molar-refractivity contribution >= 4 is 28.7 Å². The van der Waals surface area contributed by atoms with E-state index in [4.69, 9.17) is 12.2 Å². The maximum Gasteiger partial charge on any atom is 0.175 e. The molecule has 3 aromatic rings. The van der Waals surface area contributed by atoms with Crippen molar-refractivity contribution in [1.29, 1.82) is 0 Å². The van der Waals surface area contributed by atoms with E-state index in [2.05, 4.69) is 46.8 Å². The van der Waals surface area contributed by atoms with Crippen LogP contribution in [0.15, 0.2) is 42.9 Å². The van der Waals surface area contributed by atoms with E-state index in [1.165, 1.54) is 11.1 Å². The normalized spacial score (nSPS) is 10.7. The summed E-state index contributed by atoms with van der Waals surface area (Å²) in [7, 11) is 0. The van der Waals surface area contributed by atoms with Gasteiger partial charge in [-0.25, -0.2) is 0 Å². The van der Waals surface area contributed by atoms with E-state index in [-0.39, 0.29) is 0 Å². The Morgan fingerprint density at radius 3 is 2.64 bits per heavy atom. The molecule has 3 rings (SSSR count). The quantitative estimate of drug-likeness (QED) is 0.686. The topological polar surface area (TPSA) is 59.7 Å². The molecule has 1 aromatic carbocycles. The number of aryl methyl sites for hydroxylation is 2. The molecule has 2 N–H and O–H groups in total. The fourth-order valence-corrected chi connectivity index (χ4v) is 2.88. The van der Waals surface area contributed by atoms with Gasteiger partial charge in [-0.1, -0.05) is 24.3 Å². The Morgan fingerprint density at radius 2 is 1.92 bits per heavy atom. The number of hydrogen-bond donors (Lipinski definition) is 2. The molecule has 0 atom stereocenters. The van der Waals surface area contributed by atoms with E-state index in [1.54, 1.807) is 12.4 Å². The summed E-state index contributed by atoms with van der Waals surface area (Å²) in [5.41, 5.74) is 5.33. The fraction of sp³-hybridized carbons (Fsp3) is 0.278. The van der Waals surface area contributed by atoms with Gasteiger partial charge in [0.25, 0.3) is 0 Å². The van der Waals surface area contributed by atoms with Gasteiger partial charge in [-0.3, -0.25) is 9.36 Å². The van der Waals surface area contributed by atoms with Crippen LogP contribution < -0.4 is 10.6 Å². The molecule has 0 aliphatic rings. The first-order chi connectivity index (χ1) is 12.1. The standard InChI is InChI=1S/C18H22N6S/c1-4-24-14(3)17(10-20-24)22-18(25)21-16-9-19-23(12-16)11-15-8-6-5-7-13(15)2/h5-10,12H,4,11H2,1-3H3,(H2,21,22,25). The molecule has 0 bridgehead atoms. The average Bonchev–Trinajstić information content (AvgIpc) is 3.17. The van der Waals surface area contributed by atoms with Crippen LogP contribution in [0.3, 0.4) is 0 Å². The molecule has 25 heavy (non-hydrogen) atoms. The number of nitrogens with zero attached hydrogens (tertiary/aromatic N) is 4. The van der Waals surface area contributed by atoms with Gasteiger partial charge in [0.15, 0.2) is 5.11 Å². The first kappa shape index (κ1) is 17.2. The van der Waals surface area contributed by atoms with Gasteiger partial charge in [0.2, 0.25) is 0 Å². The summed E-state index contributed by atoms with van der Waals surface area (Å²) in [4.78, 5) is 0. The lowest BCUT2D eigenvalue weighted by Gasteiger charge is -2.09. The monoisotopic (exact) mass is 354 g/mol. The maximum absolute atomic E-state index is 5.39. The van der Waals surface area contributed by atoms with Crippen LogP contribution in [0.4, 0.5) is 11.4 Å². The lowest BCUT2D eigenvalue weighted by atomic mass is 10.1. The number of nitrogens with one attached hydrogen (secondary N) is 2. The molecule has 0 aliphatic carbocycles. The Morgan fingerprint density at radius 1 is 1.12 bits per heavy atom. The first-order valence-electron chi connectivity index (χ1n) is 8.24. The molecule has 7 heteroatoms. The van der Waals surface area contributed by atoms with Crippen LogP contribution in [0.25, 0.3) is 0 Å². The van der Waals surface area contributed by atoms with Gasteiger partial charge >= 0.3 is 0 Å². The molecule has 2 aromatic heterocycles. The Bertz CT molecular complexity index is 879. The predicted molar refractivity (Wildman–Crippen MR) is 105 cm³/mol. The predicted octanol–water partition coefficient (Wildman–Crippen LogP) is 3.57. The number of thiocarbonyl (C=S) groups is 1. The Kier molecular flexibility index (Phi) is 5.14. The fourth-order valence-electron chi connectivity index (χ4n) is 2.65. The largest absolute Gasteiger partial charge is 0.330 e. The summed E-state index contributed by atoms with van der Waals surface area (Å²) in [5.74, 6) is 0. The molecule has 130 valence electrons. The van der Waals surface area contributed by atoms with Gasteiger partial charge in [-0.15, -0.1) is 0 Å². The summed E-state index contributed by atoms with van der Waals surface area (Å²) in [6.07, 6.45) is 5.51. The highest BCUT2D eigenvalue weighted by atomic mass is 32.1. The minimum atomic E-state index is 0.522. The summed E-state index contributed by atoms with van der Waals surface area (Å²) in [6.45, 7) is 7.75. The third-order valence-corrected chi connectivity index (χ3v) is 4.34. The van der Waals surface area contributed by atoms with Gasteiger partial charge in [0.05, 0.1) is 36.0 Å². The summed E-state index contributed by atoms with van der Waals surface area (Å²) in [6, 6.07) is 8.31. The van der Waals surface area contributed by atoms with E-state index in [0.717, 1.165) is 30.2 Å². The molecule has 2 heterocycles. The number of hydrogen-bond acceptors (Lipinski definition) is 3. The second kappa shape index (κ2) is 7.48. The third kappa shape index (κ3) is 4.06. The third-order valence-electron chi connectivity index (χ3n) is 4.14. The van der Waals surface area contributed by atoms with Crippen LogP contribution in [0.1, 0.15) is 23.7 Å². The smallest absolute Gasteiger partial charge is 0.175 e. The van der Waals surface area contributed by atoms with Gasteiger partial charge in [-0.2, -0.15) is 10.2 Å². The maximum atomic E-state index is 5.39. The van der Waals surface area contributed by atoms with Crippen LogP contribution in [-0.2, 0) is 13.1 Å². The molecular weight excluding hydrogens is 332 g/mol. The Hall–Kier alpha value is -2.67. The van der Waals surface area contributed by atoms with Crippen molar-refractivity contribution in [3.8, 4) is 0 Å². The van der Waals surface area contributed by atoms with Crippen molar-refractivity contribution in [3.63, 3.8) is 0 Å². The number of aromatic nitrogens is 4. The van der Waals surface area contributed by atoms with Crippen LogP contribution >= 0.6 is 12.2 Å². The van der Waals surface area contributed by atoms with Crippen LogP contribution in [0, 0.1) is 13.8 Å². The van der Waals surface area contributed by atoms with Gasteiger partial charge in [0, 0.05) is 12.7 Å².